The molecule has 0 atom stereocenters. The first-order valence-corrected chi connectivity index (χ1v) is 7.98. The van der Waals surface area contributed by atoms with Crippen molar-refractivity contribution >= 4 is 11.7 Å². The van der Waals surface area contributed by atoms with E-state index in [1.165, 1.54) is 0 Å². The number of amides is 1. The zero-order chi connectivity index (χ0) is 16.3. The Kier molecular flexibility index (Phi) is 5.40. The number of carbonyl (C=O) groups excluding carboxylic acids is 2. The Balaban J connectivity index is 2.28. The molecule has 1 heterocycles. The molecule has 1 amide bonds. The predicted octanol–water partition coefficient (Wildman–Crippen LogP) is 2.59. The molecular weight excluding hydrogens is 280 g/mol. The first kappa shape index (κ1) is 16.7. The number of aromatic nitrogens is 1. The lowest BCUT2D eigenvalue weighted by Crippen LogP contribution is -2.37. The minimum atomic E-state index is -0.0366. The van der Waals surface area contributed by atoms with Crippen molar-refractivity contribution in [1.82, 2.24) is 9.88 Å². The van der Waals surface area contributed by atoms with Gasteiger partial charge in [0.15, 0.2) is 5.78 Å². The van der Waals surface area contributed by atoms with E-state index < -0.39 is 0 Å². The summed E-state index contributed by atoms with van der Waals surface area (Å²) in [5, 5.41) is 0. The number of carbonyl (C=O) groups is 2. The van der Waals surface area contributed by atoms with Crippen molar-refractivity contribution in [2.45, 2.75) is 40.0 Å². The van der Waals surface area contributed by atoms with Gasteiger partial charge >= 0.3 is 0 Å². The second-order valence-electron chi connectivity index (χ2n) is 6.39. The highest BCUT2D eigenvalue weighted by atomic mass is 16.5. The summed E-state index contributed by atoms with van der Waals surface area (Å²) < 4.78 is 5.11. The third-order valence-electron chi connectivity index (χ3n) is 4.09. The van der Waals surface area contributed by atoms with Gasteiger partial charge in [-0.25, -0.2) is 0 Å². The quantitative estimate of drug-likeness (QED) is 0.878. The van der Waals surface area contributed by atoms with Gasteiger partial charge in [-0.2, -0.15) is 0 Å². The van der Waals surface area contributed by atoms with Crippen LogP contribution in [0.1, 0.15) is 58.8 Å². The minimum absolute atomic E-state index is 0.0366. The average Bonchev–Trinajstić information content (AvgIpc) is 2.81. The van der Waals surface area contributed by atoms with E-state index in [1.807, 2.05) is 11.8 Å². The van der Waals surface area contributed by atoms with Gasteiger partial charge in [0.1, 0.15) is 5.69 Å². The van der Waals surface area contributed by atoms with E-state index in [1.54, 1.807) is 7.11 Å². The zero-order valence-electron chi connectivity index (χ0n) is 14.0. The van der Waals surface area contributed by atoms with Gasteiger partial charge < -0.3 is 14.6 Å². The van der Waals surface area contributed by atoms with Gasteiger partial charge in [-0.05, 0) is 31.2 Å². The maximum absolute atomic E-state index is 12.9. The number of aromatic amines is 1. The third-order valence-corrected chi connectivity index (χ3v) is 4.09. The molecule has 0 bridgehead atoms. The number of ether oxygens (including phenoxy) is 1. The third kappa shape index (κ3) is 3.40. The summed E-state index contributed by atoms with van der Waals surface area (Å²) in [4.78, 5) is 30.0. The molecule has 0 saturated carbocycles. The smallest absolute Gasteiger partial charge is 0.270 e. The lowest BCUT2D eigenvalue weighted by atomic mass is 9.93. The first-order valence-electron chi connectivity index (χ1n) is 7.98. The van der Waals surface area contributed by atoms with Gasteiger partial charge in [0.2, 0.25) is 0 Å². The minimum Gasteiger partial charge on any atom is -0.383 e. The summed E-state index contributed by atoms with van der Waals surface area (Å²) >= 11 is 0. The van der Waals surface area contributed by atoms with E-state index >= 15 is 0 Å². The van der Waals surface area contributed by atoms with E-state index in [4.69, 9.17) is 4.74 Å². The number of methoxy groups -OCH3 is 1. The van der Waals surface area contributed by atoms with Crippen LogP contribution in [-0.4, -0.2) is 48.4 Å². The molecule has 0 aromatic carbocycles. The maximum Gasteiger partial charge on any atom is 0.270 e. The number of ketones is 1. The molecule has 0 saturated heterocycles. The topological polar surface area (TPSA) is 62.4 Å². The highest BCUT2D eigenvalue weighted by molar-refractivity contribution is 6.04. The van der Waals surface area contributed by atoms with Crippen LogP contribution in [0.3, 0.4) is 0 Å². The van der Waals surface area contributed by atoms with E-state index in [0.717, 1.165) is 29.7 Å². The largest absolute Gasteiger partial charge is 0.383 e. The van der Waals surface area contributed by atoms with Gasteiger partial charge in [-0.1, -0.05) is 13.8 Å². The van der Waals surface area contributed by atoms with Gasteiger partial charge in [0.05, 0.1) is 6.61 Å². The Bertz CT molecular complexity index is 560. The van der Waals surface area contributed by atoms with Gasteiger partial charge in [0, 0.05) is 37.9 Å². The predicted molar refractivity (Wildman–Crippen MR) is 85.4 cm³/mol. The molecule has 0 radical (unpaired) electrons. The number of nitrogens with zero attached hydrogens (tertiary/aromatic N) is 1. The molecule has 5 nitrogen and oxygen atoms in total. The molecule has 0 unspecified atom stereocenters. The van der Waals surface area contributed by atoms with Crippen molar-refractivity contribution in [2.24, 2.45) is 5.92 Å². The summed E-state index contributed by atoms with van der Waals surface area (Å²) in [6.07, 6.45) is 2.29. The Labute approximate surface area is 132 Å². The van der Waals surface area contributed by atoms with Crippen LogP contribution in [0.15, 0.2) is 0 Å². The van der Waals surface area contributed by atoms with Gasteiger partial charge in [-0.15, -0.1) is 0 Å². The van der Waals surface area contributed by atoms with Crippen molar-refractivity contribution in [3.8, 4) is 0 Å². The summed E-state index contributed by atoms with van der Waals surface area (Å²) in [6.45, 7) is 7.79. The number of fused-ring (bicyclic) bond motifs is 1. The molecule has 5 heteroatoms. The van der Waals surface area contributed by atoms with Crippen molar-refractivity contribution in [3.63, 3.8) is 0 Å². The number of hydrogen-bond donors (Lipinski definition) is 1. The number of hydrogen-bond acceptors (Lipinski definition) is 3. The fourth-order valence-electron chi connectivity index (χ4n) is 3.06. The number of rotatable bonds is 6. The standard InChI is InChI=1S/C17H26N2O3/c1-11(2)10-19(8-9-22-4)17(21)16-12(3)15-13(18-16)6-5-7-14(15)20/h11,18H,5-10H2,1-4H3. The second-order valence-corrected chi connectivity index (χ2v) is 6.39. The molecule has 1 aliphatic carbocycles. The van der Waals surface area contributed by atoms with Gasteiger partial charge in [0.25, 0.3) is 5.91 Å². The number of aryl methyl sites for hydroxylation is 1. The molecule has 1 aliphatic rings. The van der Waals surface area contributed by atoms with E-state index in [-0.39, 0.29) is 11.7 Å². The van der Waals surface area contributed by atoms with E-state index in [2.05, 4.69) is 18.8 Å². The average molecular weight is 306 g/mol. The number of nitrogens with one attached hydrogen (secondary N) is 1. The molecule has 0 aliphatic heterocycles. The van der Waals surface area contributed by atoms with Crippen molar-refractivity contribution in [2.75, 3.05) is 26.8 Å². The molecule has 1 aromatic rings. The Morgan fingerprint density at radius 1 is 1.36 bits per heavy atom. The Morgan fingerprint density at radius 3 is 2.68 bits per heavy atom. The number of H-pyrrole nitrogens is 1. The monoisotopic (exact) mass is 306 g/mol. The van der Waals surface area contributed by atoms with Crippen LogP contribution < -0.4 is 0 Å². The van der Waals surface area contributed by atoms with Crippen LogP contribution in [0.5, 0.6) is 0 Å². The fourth-order valence-corrected chi connectivity index (χ4v) is 3.06. The Hall–Kier alpha value is -1.62. The Morgan fingerprint density at radius 2 is 2.09 bits per heavy atom. The van der Waals surface area contributed by atoms with Crippen LogP contribution in [-0.2, 0) is 11.2 Å². The van der Waals surface area contributed by atoms with Crippen LogP contribution in [0, 0.1) is 12.8 Å². The molecule has 1 aromatic heterocycles. The molecular formula is C17H26N2O3. The highest BCUT2D eigenvalue weighted by Gasteiger charge is 2.28. The summed E-state index contributed by atoms with van der Waals surface area (Å²) in [5.41, 5.74) is 3.03. The molecule has 22 heavy (non-hydrogen) atoms. The van der Waals surface area contributed by atoms with Crippen molar-refractivity contribution < 1.29 is 14.3 Å². The number of Topliss-reactive ketones (excluding diaryl/α,β-unsaturated/α-hetero) is 1. The molecule has 122 valence electrons. The molecule has 0 fully saturated rings. The zero-order valence-corrected chi connectivity index (χ0v) is 14.0. The summed E-state index contributed by atoms with van der Waals surface area (Å²) in [5.74, 6) is 0.499. The summed E-state index contributed by atoms with van der Waals surface area (Å²) in [7, 11) is 1.63. The highest BCUT2D eigenvalue weighted by Crippen LogP contribution is 2.27. The van der Waals surface area contributed by atoms with Crippen LogP contribution in [0.4, 0.5) is 0 Å². The first-order chi connectivity index (χ1) is 10.5. The maximum atomic E-state index is 12.9. The van der Waals surface area contributed by atoms with Crippen molar-refractivity contribution in [3.05, 3.63) is 22.5 Å². The normalized spacial score (nSPS) is 14.3. The lowest BCUT2D eigenvalue weighted by Gasteiger charge is -2.24. The van der Waals surface area contributed by atoms with E-state index in [9.17, 15) is 9.59 Å². The molecule has 2 rings (SSSR count). The molecule has 0 spiro atoms. The van der Waals surface area contributed by atoms with Crippen molar-refractivity contribution in [1.29, 1.82) is 0 Å². The van der Waals surface area contributed by atoms with Gasteiger partial charge in [-0.3, -0.25) is 9.59 Å². The van der Waals surface area contributed by atoms with E-state index in [0.29, 0.717) is 37.7 Å². The van der Waals surface area contributed by atoms with Crippen LogP contribution >= 0.6 is 0 Å². The fraction of sp³-hybridized carbons (Fsp3) is 0.647. The SMILES string of the molecule is COCCN(CC(C)C)C(=O)c1[nH]c2c(c1C)C(=O)CCC2. The second kappa shape index (κ2) is 7.09. The van der Waals surface area contributed by atoms with Crippen LogP contribution in [0.2, 0.25) is 0 Å². The molecule has 1 N–H and O–H groups in total. The van der Waals surface area contributed by atoms with Crippen LogP contribution in [0.25, 0.3) is 0 Å². The lowest BCUT2D eigenvalue weighted by molar-refractivity contribution is 0.0666. The summed E-state index contributed by atoms with van der Waals surface area (Å²) in [6, 6.07) is 0.